The van der Waals surface area contributed by atoms with Crippen molar-refractivity contribution >= 4 is 23.6 Å². The molecule has 0 aromatic rings. The van der Waals surface area contributed by atoms with Gasteiger partial charge in [-0.2, -0.15) is 0 Å². The number of carbonyl (C=O) groups is 1. The lowest BCUT2D eigenvalue weighted by molar-refractivity contribution is -0.126. The van der Waals surface area contributed by atoms with Gasteiger partial charge in [-0.1, -0.05) is 25.1 Å². The van der Waals surface area contributed by atoms with Crippen molar-refractivity contribution in [1.82, 2.24) is 10.7 Å². The van der Waals surface area contributed by atoms with E-state index in [0.29, 0.717) is 0 Å². The summed E-state index contributed by atoms with van der Waals surface area (Å²) in [6.07, 6.45) is 4.12. The maximum Gasteiger partial charge on any atom is 0.239 e. The minimum absolute atomic E-state index is 0.0297. The molecule has 1 rings (SSSR count). The van der Waals surface area contributed by atoms with Gasteiger partial charge in [-0.25, -0.2) is 5.84 Å². The third-order valence-electron chi connectivity index (χ3n) is 2.53. The normalized spacial score (nSPS) is 27.8. The molecule has 0 saturated heterocycles. The van der Waals surface area contributed by atoms with Crippen LogP contribution < -0.4 is 16.6 Å². The fourth-order valence-electron chi connectivity index (χ4n) is 1.84. The number of hydrogen-bond donors (Lipinski definition) is 3. The highest BCUT2D eigenvalue weighted by molar-refractivity contribution is 7.78. The molecular formula is C8H15N3OS. The maximum atomic E-state index is 11.3. The number of carbonyl (C=O) groups excluding carboxylic acids is 1. The summed E-state index contributed by atoms with van der Waals surface area (Å²) in [5, 5.41) is 3.02. The molecular weight excluding hydrogens is 186 g/mol. The fraction of sp³-hybridized carbons (Fsp3) is 0.750. The molecule has 13 heavy (non-hydrogen) atoms. The fourth-order valence-corrected chi connectivity index (χ4v) is 2.01. The van der Waals surface area contributed by atoms with E-state index < -0.39 is 0 Å². The van der Waals surface area contributed by atoms with Gasteiger partial charge >= 0.3 is 0 Å². The van der Waals surface area contributed by atoms with Gasteiger partial charge in [0.1, 0.15) is 0 Å². The molecule has 2 atom stereocenters. The van der Waals surface area contributed by atoms with E-state index >= 15 is 0 Å². The Morgan fingerprint density at radius 1 is 1.46 bits per heavy atom. The largest absolute Gasteiger partial charge is 0.379 e. The Morgan fingerprint density at radius 3 is 2.77 bits per heavy atom. The van der Waals surface area contributed by atoms with Crippen molar-refractivity contribution in [1.29, 1.82) is 0 Å². The van der Waals surface area contributed by atoms with Crippen molar-refractivity contribution < 1.29 is 4.79 Å². The Kier molecular flexibility index (Phi) is 4.11. The van der Waals surface area contributed by atoms with Crippen molar-refractivity contribution in [3.63, 3.8) is 0 Å². The maximum absolute atomic E-state index is 11.3. The van der Waals surface area contributed by atoms with E-state index in [-0.39, 0.29) is 17.9 Å². The van der Waals surface area contributed by atoms with Crippen LogP contribution in [0.1, 0.15) is 25.7 Å². The molecule has 1 saturated carbocycles. The number of nitrogens with two attached hydrogens (primary N) is 1. The van der Waals surface area contributed by atoms with Gasteiger partial charge in [0, 0.05) is 6.04 Å². The van der Waals surface area contributed by atoms with Crippen molar-refractivity contribution in [2.75, 3.05) is 0 Å². The second-order valence-corrected chi connectivity index (χ2v) is 3.53. The number of hydrazine groups is 1. The van der Waals surface area contributed by atoms with Gasteiger partial charge in [0.15, 0.2) is 0 Å². The van der Waals surface area contributed by atoms with Crippen LogP contribution in [0, 0.1) is 5.92 Å². The number of nitrogens with one attached hydrogen (secondary N) is 2. The monoisotopic (exact) mass is 201 g/mol. The van der Waals surface area contributed by atoms with Crippen LogP contribution in [0.2, 0.25) is 0 Å². The zero-order chi connectivity index (χ0) is 9.68. The highest BCUT2D eigenvalue weighted by Crippen LogP contribution is 2.24. The average Bonchev–Trinajstić information content (AvgIpc) is 2.18. The second kappa shape index (κ2) is 5.14. The third kappa shape index (κ3) is 2.63. The molecule has 4 N–H and O–H groups in total. The lowest BCUT2D eigenvalue weighted by Gasteiger charge is -2.29. The van der Waals surface area contributed by atoms with Crippen LogP contribution in [0.15, 0.2) is 0 Å². The molecule has 4 nitrogen and oxygen atoms in total. The lowest BCUT2D eigenvalue weighted by atomic mass is 9.84. The van der Waals surface area contributed by atoms with E-state index in [2.05, 4.69) is 10.7 Å². The van der Waals surface area contributed by atoms with Gasteiger partial charge in [0.25, 0.3) is 0 Å². The zero-order valence-electron chi connectivity index (χ0n) is 7.45. The molecule has 1 fully saturated rings. The Hall–Kier alpha value is -0.680. The lowest BCUT2D eigenvalue weighted by Crippen LogP contribution is -2.47. The Balaban J connectivity index is 2.55. The van der Waals surface area contributed by atoms with Crippen LogP contribution >= 0.6 is 12.2 Å². The number of amides is 1. The summed E-state index contributed by atoms with van der Waals surface area (Å²) < 4.78 is 0. The summed E-state index contributed by atoms with van der Waals surface area (Å²) >= 11 is 4.71. The molecule has 2 unspecified atom stereocenters. The molecule has 0 aromatic carbocycles. The van der Waals surface area contributed by atoms with Gasteiger partial charge in [-0.05, 0) is 12.8 Å². The van der Waals surface area contributed by atoms with E-state index in [1.165, 1.54) is 5.49 Å². The molecule has 0 aromatic heterocycles. The molecule has 1 aliphatic carbocycles. The first-order chi connectivity index (χ1) is 6.29. The van der Waals surface area contributed by atoms with Crippen LogP contribution in [-0.4, -0.2) is 17.4 Å². The summed E-state index contributed by atoms with van der Waals surface area (Å²) in [5.74, 6) is 4.98. The van der Waals surface area contributed by atoms with Gasteiger partial charge in [0.05, 0.1) is 11.4 Å². The first kappa shape index (κ1) is 10.4. The van der Waals surface area contributed by atoms with Crippen LogP contribution in [0.4, 0.5) is 0 Å². The molecule has 0 bridgehead atoms. The molecule has 1 amide bonds. The highest BCUT2D eigenvalue weighted by Gasteiger charge is 2.29. The SMILES string of the molecule is NNC(=O)C1CCCCC1NC=S. The summed E-state index contributed by atoms with van der Waals surface area (Å²) in [7, 11) is 0. The smallest absolute Gasteiger partial charge is 0.239 e. The topological polar surface area (TPSA) is 67.1 Å². The summed E-state index contributed by atoms with van der Waals surface area (Å²) in [4.78, 5) is 11.3. The predicted octanol–water partition coefficient (Wildman–Crippen LogP) is 0.0819. The molecule has 74 valence electrons. The zero-order valence-corrected chi connectivity index (χ0v) is 8.27. The van der Waals surface area contributed by atoms with Crippen molar-refractivity contribution in [3.8, 4) is 0 Å². The van der Waals surface area contributed by atoms with E-state index in [0.717, 1.165) is 25.7 Å². The van der Waals surface area contributed by atoms with Crippen molar-refractivity contribution in [2.24, 2.45) is 11.8 Å². The van der Waals surface area contributed by atoms with E-state index in [4.69, 9.17) is 18.1 Å². The first-order valence-corrected chi connectivity index (χ1v) is 4.97. The van der Waals surface area contributed by atoms with E-state index in [9.17, 15) is 4.79 Å². The van der Waals surface area contributed by atoms with Gasteiger partial charge < -0.3 is 5.32 Å². The van der Waals surface area contributed by atoms with Crippen LogP contribution in [0.3, 0.4) is 0 Å². The van der Waals surface area contributed by atoms with Crippen LogP contribution in [0.25, 0.3) is 0 Å². The summed E-state index contributed by atoms with van der Waals surface area (Å²) in [6.45, 7) is 0. The van der Waals surface area contributed by atoms with Gasteiger partial charge in [0.2, 0.25) is 5.91 Å². The summed E-state index contributed by atoms with van der Waals surface area (Å²) in [6, 6.07) is 0.162. The molecule has 0 aliphatic heterocycles. The quantitative estimate of drug-likeness (QED) is 0.262. The number of thiocarbonyl (C=S) groups is 1. The van der Waals surface area contributed by atoms with Crippen LogP contribution in [-0.2, 0) is 4.79 Å². The van der Waals surface area contributed by atoms with Gasteiger partial charge in [-0.3, -0.25) is 10.2 Å². The second-order valence-electron chi connectivity index (χ2n) is 3.29. The number of rotatable bonds is 3. The first-order valence-electron chi connectivity index (χ1n) is 4.49. The molecule has 0 heterocycles. The Bertz CT molecular complexity index is 198. The minimum Gasteiger partial charge on any atom is -0.379 e. The Morgan fingerprint density at radius 2 is 2.15 bits per heavy atom. The predicted molar refractivity (Wildman–Crippen MR) is 54.9 cm³/mol. The summed E-state index contributed by atoms with van der Waals surface area (Å²) in [5.41, 5.74) is 3.68. The molecule has 0 radical (unpaired) electrons. The van der Waals surface area contributed by atoms with E-state index in [1.807, 2.05) is 0 Å². The third-order valence-corrected chi connectivity index (χ3v) is 2.66. The average molecular weight is 201 g/mol. The highest BCUT2D eigenvalue weighted by atomic mass is 32.1. The minimum atomic E-state index is -0.0888. The molecule has 1 aliphatic rings. The standard InChI is InChI=1S/C8H15N3OS/c9-11-8(12)6-3-1-2-4-7(6)10-5-13/h5-7H,1-4,9H2,(H,10,13)(H,11,12). The Labute approximate surface area is 83.2 Å². The van der Waals surface area contributed by atoms with Crippen molar-refractivity contribution in [3.05, 3.63) is 0 Å². The van der Waals surface area contributed by atoms with Gasteiger partial charge in [-0.15, -0.1) is 0 Å². The molecule has 5 heteroatoms. The molecule has 0 spiro atoms. The van der Waals surface area contributed by atoms with Crippen molar-refractivity contribution in [2.45, 2.75) is 31.7 Å². The van der Waals surface area contributed by atoms with E-state index in [1.54, 1.807) is 0 Å². The van der Waals surface area contributed by atoms with Crippen LogP contribution in [0.5, 0.6) is 0 Å². The number of hydrogen-bond acceptors (Lipinski definition) is 3.